The highest BCUT2D eigenvalue weighted by atomic mass is 16.5. The Labute approximate surface area is 447 Å². The molecule has 76 heavy (non-hydrogen) atoms. The number of aryl methyl sites for hydroxylation is 2. The average Bonchev–Trinajstić information content (AvgIpc) is 3.44. The third-order valence-electron chi connectivity index (χ3n) is 12.5. The van der Waals surface area contributed by atoms with Crippen molar-refractivity contribution in [2.45, 2.75) is 109 Å². The number of allylic oxidation sites excluding steroid dienone is 1. The Morgan fingerprint density at radius 2 is 0.803 bits per heavy atom. The third-order valence-corrected chi connectivity index (χ3v) is 12.5. The fourth-order valence-corrected chi connectivity index (χ4v) is 8.28. The Hall–Kier alpha value is -7.86. The van der Waals surface area contributed by atoms with Crippen LogP contribution in [0.4, 0.5) is 0 Å². The Bertz CT molecular complexity index is 2800. The molecule has 0 aliphatic heterocycles. The molecule has 400 valence electrons. The van der Waals surface area contributed by atoms with Gasteiger partial charge < -0.3 is 37.9 Å². The largest absolute Gasteiger partial charge is 0.494 e. The van der Waals surface area contributed by atoms with Crippen LogP contribution < -0.4 is 28.4 Å². The van der Waals surface area contributed by atoms with Gasteiger partial charge in [0.1, 0.15) is 40.2 Å². The molecule has 0 heterocycles. The minimum Gasteiger partial charge on any atom is -0.494 e. The second kappa shape index (κ2) is 32.4. The van der Waals surface area contributed by atoms with E-state index in [1.54, 1.807) is 12.1 Å². The van der Waals surface area contributed by atoms with Crippen molar-refractivity contribution in [3.05, 3.63) is 164 Å². The number of hydrogen-bond acceptors (Lipinski definition) is 12. The maximum Gasteiger partial charge on any atom is 0.330 e. The quantitative estimate of drug-likeness (QED) is 0.00923. The topological polar surface area (TPSA) is 142 Å². The molecule has 6 aromatic rings. The van der Waals surface area contributed by atoms with Gasteiger partial charge in [-0.25, -0.2) is 9.59 Å². The van der Waals surface area contributed by atoms with Crippen LogP contribution in [-0.2, 0) is 41.5 Å². The Morgan fingerprint density at radius 1 is 0.395 bits per heavy atom. The molecule has 0 atom stereocenters. The molecular weight excluding hydrogens is 961 g/mol. The Morgan fingerprint density at radius 3 is 1.28 bits per heavy atom. The van der Waals surface area contributed by atoms with Crippen LogP contribution in [0, 0.1) is 0 Å². The number of hydrogen-bond donors (Lipinski definition) is 0. The maximum absolute atomic E-state index is 13.3. The van der Waals surface area contributed by atoms with E-state index < -0.39 is 11.9 Å². The zero-order chi connectivity index (χ0) is 53.6. The summed E-state index contributed by atoms with van der Waals surface area (Å²) in [5.74, 6) is 2.63. The molecule has 0 aromatic heterocycles. The minimum absolute atomic E-state index is 0.182. The normalized spacial score (nSPS) is 10.8. The van der Waals surface area contributed by atoms with Crippen molar-refractivity contribution in [1.29, 1.82) is 0 Å². The summed E-state index contributed by atoms with van der Waals surface area (Å²) >= 11 is 0. The second-order valence-electron chi connectivity index (χ2n) is 18.4. The Balaban J connectivity index is 1.06. The molecule has 0 radical (unpaired) electrons. The van der Waals surface area contributed by atoms with Crippen LogP contribution in [-0.4, -0.2) is 56.9 Å². The van der Waals surface area contributed by atoms with Gasteiger partial charge in [-0.3, -0.25) is 9.59 Å². The molecular formula is C64H72O12. The number of rotatable bonds is 36. The van der Waals surface area contributed by atoms with Gasteiger partial charge in [0.05, 0.1) is 33.0 Å². The molecule has 6 rings (SSSR count). The molecule has 0 N–H and O–H groups in total. The third kappa shape index (κ3) is 20.5. The first kappa shape index (κ1) is 57.4. The van der Waals surface area contributed by atoms with E-state index in [1.165, 1.54) is 18.6 Å². The number of benzene rings is 6. The first-order valence-electron chi connectivity index (χ1n) is 26.6. The molecule has 0 saturated carbocycles. The van der Waals surface area contributed by atoms with Gasteiger partial charge in [-0.1, -0.05) is 62.4 Å². The lowest BCUT2D eigenvalue weighted by atomic mass is 10.0. The molecule has 0 unspecified atom stereocenters. The van der Waals surface area contributed by atoms with E-state index in [4.69, 9.17) is 37.9 Å². The predicted octanol–water partition coefficient (Wildman–Crippen LogP) is 14.7. The monoisotopic (exact) mass is 1030 g/mol. The minimum atomic E-state index is -0.406. The van der Waals surface area contributed by atoms with Crippen LogP contribution in [0.3, 0.4) is 0 Å². The van der Waals surface area contributed by atoms with Crippen molar-refractivity contribution < 1.29 is 57.1 Å². The van der Waals surface area contributed by atoms with Crippen LogP contribution in [0.15, 0.2) is 153 Å². The van der Waals surface area contributed by atoms with Gasteiger partial charge in [0.25, 0.3) is 0 Å². The lowest BCUT2D eigenvalue weighted by Gasteiger charge is -2.15. The van der Waals surface area contributed by atoms with Gasteiger partial charge in [0.2, 0.25) is 0 Å². The molecule has 6 aromatic carbocycles. The highest BCUT2D eigenvalue weighted by molar-refractivity contribution is 6.11. The van der Waals surface area contributed by atoms with E-state index in [1.807, 2.05) is 109 Å². The number of carbonyl (C=O) groups is 4. The summed E-state index contributed by atoms with van der Waals surface area (Å²) in [5.41, 5.74) is 2.00. The number of fused-ring (bicyclic) bond motifs is 3. The molecule has 0 saturated heterocycles. The van der Waals surface area contributed by atoms with Gasteiger partial charge in [-0.05, 0) is 196 Å². The summed E-state index contributed by atoms with van der Waals surface area (Å²) < 4.78 is 46.2. The van der Waals surface area contributed by atoms with Crippen LogP contribution >= 0.6 is 0 Å². The highest BCUT2D eigenvalue weighted by Crippen LogP contribution is 2.39. The molecule has 0 spiro atoms. The zero-order valence-corrected chi connectivity index (χ0v) is 43.8. The summed E-state index contributed by atoms with van der Waals surface area (Å²) in [7, 11) is 0. The number of esters is 4. The van der Waals surface area contributed by atoms with E-state index in [0.717, 1.165) is 121 Å². The fourth-order valence-electron chi connectivity index (χ4n) is 8.28. The second-order valence-corrected chi connectivity index (χ2v) is 18.4. The molecule has 0 aliphatic carbocycles. The summed E-state index contributed by atoms with van der Waals surface area (Å²) in [5, 5.41) is 3.27. The van der Waals surface area contributed by atoms with E-state index in [-0.39, 0.29) is 24.8 Å². The molecule has 0 bridgehead atoms. The lowest BCUT2D eigenvalue weighted by molar-refractivity contribution is -0.138. The highest BCUT2D eigenvalue weighted by Gasteiger charge is 2.15. The van der Waals surface area contributed by atoms with Gasteiger partial charge in [-0.15, -0.1) is 6.58 Å². The summed E-state index contributed by atoms with van der Waals surface area (Å²) in [4.78, 5) is 48.8. The fraction of sp³-hybridized carbons (Fsp3) is 0.344. The van der Waals surface area contributed by atoms with Crippen molar-refractivity contribution in [3.63, 3.8) is 0 Å². The van der Waals surface area contributed by atoms with Crippen LogP contribution in [0.25, 0.3) is 21.5 Å². The van der Waals surface area contributed by atoms with Gasteiger partial charge in [0, 0.05) is 30.4 Å². The van der Waals surface area contributed by atoms with Crippen molar-refractivity contribution in [1.82, 2.24) is 0 Å². The van der Waals surface area contributed by atoms with Gasteiger partial charge in [-0.2, -0.15) is 0 Å². The van der Waals surface area contributed by atoms with Gasteiger partial charge in [0.15, 0.2) is 0 Å². The predicted molar refractivity (Wildman–Crippen MR) is 298 cm³/mol. The van der Waals surface area contributed by atoms with Gasteiger partial charge >= 0.3 is 23.9 Å². The van der Waals surface area contributed by atoms with Crippen LogP contribution in [0.5, 0.6) is 40.2 Å². The average molecular weight is 1030 g/mol. The van der Waals surface area contributed by atoms with E-state index >= 15 is 0 Å². The molecule has 12 nitrogen and oxygen atoms in total. The van der Waals surface area contributed by atoms with Crippen molar-refractivity contribution in [3.8, 4) is 40.2 Å². The SMILES string of the molecule is C=CCCCCCCOc1ccc(CCC(=O)Oc2ccc3c(c2)c(Oc2ccc(OCCCCCCOC(=O)C=C)cc2)cc2cc(OC(=O)CCc4ccc(OCCCCCCOC(=O)C=C)cc4)ccc23)cc1. The van der Waals surface area contributed by atoms with Crippen LogP contribution in [0.2, 0.25) is 0 Å². The molecule has 0 aliphatic rings. The first-order chi connectivity index (χ1) is 37.2. The standard InChI is InChI=1S/C64H72O12/c1-4-7-8-9-10-15-40-69-51-26-22-49(23-27-51)25-39-64(68)76-56-35-37-58-57-36-34-55(75-63(67)38-24-48-20-28-52(29-21-48)70-41-16-11-13-18-43-72-61(65)5-2)45-50(57)46-60(59(58)47-56)74-54-32-30-53(31-33-54)71-42-17-12-14-19-44-73-62(66)6-3/h4-6,20-23,26-37,45-47H,1-3,7-19,24-25,38-44H2. The summed E-state index contributed by atoms with van der Waals surface area (Å²) in [6, 6.07) is 35.9. The molecule has 12 heteroatoms. The zero-order valence-electron chi connectivity index (χ0n) is 43.8. The maximum atomic E-state index is 13.3. The molecule has 0 fully saturated rings. The van der Waals surface area contributed by atoms with Crippen molar-refractivity contribution >= 4 is 45.4 Å². The van der Waals surface area contributed by atoms with E-state index in [9.17, 15) is 19.2 Å². The molecule has 0 amide bonds. The number of ether oxygens (including phenoxy) is 8. The summed E-state index contributed by atoms with van der Waals surface area (Å²) in [6.45, 7) is 13.2. The smallest absolute Gasteiger partial charge is 0.330 e. The van der Waals surface area contributed by atoms with Crippen LogP contribution in [0.1, 0.15) is 107 Å². The number of carbonyl (C=O) groups excluding carboxylic acids is 4. The van der Waals surface area contributed by atoms with E-state index in [2.05, 4.69) is 19.7 Å². The van der Waals surface area contributed by atoms with Crippen molar-refractivity contribution in [2.24, 2.45) is 0 Å². The summed E-state index contributed by atoms with van der Waals surface area (Å²) in [6.07, 6.45) is 18.3. The Kier molecular flexibility index (Phi) is 24.5. The van der Waals surface area contributed by atoms with E-state index in [0.29, 0.717) is 74.6 Å². The lowest BCUT2D eigenvalue weighted by Crippen LogP contribution is -2.09. The first-order valence-corrected chi connectivity index (χ1v) is 26.6. The van der Waals surface area contributed by atoms with Crippen molar-refractivity contribution in [2.75, 3.05) is 33.0 Å². The number of unbranched alkanes of at least 4 members (excludes halogenated alkanes) is 10.